The highest BCUT2D eigenvalue weighted by Gasteiger charge is 2.30. The highest BCUT2D eigenvalue weighted by molar-refractivity contribution is 5.92. The lowest BCUT2D eigenvalue weighted by atomic mass is 10.1. The number of anilines is 1. The average Bonchev–Trinajstić information content (AvgIpc) is 3.29. The lowest BCUT2D eigenvalue weighted by molar-refractivity contribution is -0.137. The summed E-state index contributed by atoms with van der Waals surface area (Å²) in [5.41, 5.74) is 0.259. The van der Waals surface area contributed by atoms with Gasteiger partial charge in [-0.25, -0.2) is 0 Å². The molecule has 1 aromatic heterocycles. The van der Waals surface area contributed by atoms with E-state index in [1.54, 1.807) is 24.3 Å². The summed E-state index contributed by atoms with van der Waals surface area (Å²) < 4.78 is 54.0. The van der Waals surface area contributed by atoms with E-state index in [1.807, 2.05) is 0 Å². The zero-order valence-electron chi connectivity index (χ0n) is 14.2. The van der Waals surface area contributed by atoms with Gasteiger partial charge in [-0.05, 0) is 36.4 Å². The Morgan fingerprint density at radius 1 is 1.07 bits per heavy atom. The monoisotopic (exact) mass is 390 g/mol. The third kappa shape index (κ3) is 3.78. The molecule has 28 heavy (non-hydrogen) atoms. The highest BCUT2D eigenvalue weighted by Crippen LogP contribution is 2.36. The van der Waals surface area contributed by atoms with Crippen molar-refractivity contribution in [1.82, 2.24) is 5.16 Å². The number of nitrogens with one attached hydrogen (secondary N) is 1. The van der Waals surface area contributed by atoms with Crippen LogP contribution in [-0.2, 0) is 17.4 Å². The van der Waals surface area contributed by atoms with Crippen molar-refractivity contribution in [2.45, 2.75) is 12.6 Å². The Hall–Kier alpha value is -3.49. The zero-order chi connectivity index (χ0) is 19.7. The molecule has 0 fully saturated rings. The maximum absolute atomic E-state index is 12.7. The molecule has 0 unspecified atom stereocenters. The van der Waals surface area contributed by atoms with Gasteiger partial charge in [-0.2, -0.15) is 13.2 Å². The van der Waals surface area contributed by atoms with Crippen LogP contribution in [-0.4, -0.2) is 17.9 Å². The number of nitrogens with zero attached hydrogens (tertiary/aromatic N) is 1. The van der Waals surface area contributed by atoms with Crippen LogP contribution in [0.25, 0.3) is 11.3 Å². The number of hydrogen-bond donors (Lipinski definition) is 1. The molecule has 144 valence electrons. The minimum atomic E-state index is -4.48. The van der Waals surface area contributed by atoms with Crippen LogP contribution in [0.3, 0.4) is 0 Å². The van der Waals surface area contributed by atoms with Crippen LogP contribution in [0.4, 0.5) is 18.9 Å². The van der Waals surface area contributed by atoms with Gasteiger partial charge in [0.2, 0.25) is 12.7 Å². The van der Waals surface area contributed by atoms with Gasteiger partial charge >= 0.3 is 6.18 Å². The van der Waals surface area contributed by atoms with E-state index in [2.05, 4.69) is 10.5 Å². The van der Waals surface area contributed by atoms with Gasteiger partial charge in [0.05, 0.1) is 17.7 Å². The van der Waals surface area contributed by atoms with Crippen molar-refractivity contribution in [3.63, 3.8) is 0 Å². The van der Waals surface area contributed by atoms with Crippen molar-refractivity contribution in [3.8, 4) is 22.8 Å². The van der Waals surface area contributed by atoms with E-state index in [-0.39, 0.29) is 18.9 Å². The summed E-state index contributed by atoms with van der Waals surface area (Å²) in [5, 5.41) is 6.27. The van der Waals surface area contributed by atoms with Crippen LogP contribution < -0.4 is 14.8 Å². The molecule has 0 saturated heterocycles. The van der Waals surface area contributed by atoms with Crippen LogP contribution >= 0.6 is 0 Å². The fourth-order valence-corrected chi connectivity index (χ4v) is 2.72. The normalized spacial score (nSPS) is 12.8. The Morgan fingerprint density at radius 2 is 1.89 bits per heavy atom. The number of hydrogen-bond acceptors (Lipinski definition) is 5. The summed E-state index contributed by atoms with van der Waals surface area (Å²) >= 11 is 0. The van der Waals surface area contributed by atoms with Crippen LogP contribution in [0.1, 0.15) is 11.3 Å². The molecule has 2 aromatic carbocycles. The van der Waals surface area contributed by atoms with E-state index < -0.39 is 17.6 Å². The molecule has 6 nitrogen and oxygen atoms in total. The predicted octanol–water partition coefficient (Wildman–Crippen LogP) is 4.27. The molecule has 0 radical (unpaired) electrons. The van der Waals surface area contributed by atoms with E-state index in [0.29, 0.717) is 28.5 Å². The molecule has 1 aliphatic rings. The third-order valence-electron chi connectivity index (χ3n) is 4.03. The number of rotatable bonds is 4. The van der Waals surface area contributed by atoms with Gasteiger partial charge in [0.15, 0.2) is 17.3 Å². The number of alkyl halides is 3. The van der Waals surface area contributed by atoms with Crippen molar-refractivity contribution in [3.05, 3.63) is 59.8 Å². The summed E-state index contributed by atoms with van der Waals surface area (Å²) in [4.78, 5) is 12.1. The topological polar surface area (TPSA) is 73.6 Å². The van der Waals surface area contributed by atoms with Gasteiger partial charge < -0.3 is 19.3 Å². The van der Waals surface area contributed by atoms with E-state index >= 15 is 0 Å². The summed E-state index contributed by atoms with van der Waals surface area (Å²) in [6.45, 7) is 0.149. The second-order valence-corrected chi connectivity index (χ2v) is 6.05. The summed E-state index contributed by atoms with van der Waals surface area (Å²) in [6.07, 6.45) is -4.63. The fraction of sp³-hybridized carbons (Fsp3) is 0.158. The number of ether oxygens (including phenoxy) is 2. The second-order valence-electron chi connectivity index (χ2n) is 6.05. The quantitative estimate of drug-likeness (QED) is 0.720. The molecular formula is C19H13F3N2O4. The molecule has 9 heteroatoms. The first-order valence-corrected chi connectivity index (χ1v) is 8.21. The maximum atomic E-state index is 12.7. The molecule has 2 heterocycles. The van der Waals surface area contributed by atoms with Crippen molar-refractivity contribution in [2.75, 3.05) is 12.1 Å². The predicted molar refractivity (Wildman–Crippen MR) is 91.8 cm³/mol. The first-order chi connectivity index (χ1) is 13.4. The summed E-state index contributed by atoms with van der Waals surface area (Å²) in [7, 11) is 0. The number of carbonyl (C=O) groups excluding carboxylic acids is 1. The molecule has 4 rings (SSSR count). The number of fused-ring (bicyclic) bond motifs is 1. The molecule has 0 spiro atoms. The van der Waals surface area contributed by atoms with Crippen molar-refractivity contribution in [1.29, 1.82) is 0 Å². The van der Waals surface area contributed by atoms with Crippen molar-refractivity contribution < 1.29 is 32.0 Å². The lowest BCUT2D eigenvalue weighted by Crippen LogP contribution is -2.15. The Morgan fingerprint density at radius 3 is 2.71 bits per heavy atom. The molecular weight excluding hydrogens is 377 g/mol. The highest BCUT2D eigenvalue weighted by atomic mass is 19.4. The van der Waals surface area contributed by atoms with Crippen LogP contribution in [0.15, 0.2) is 53.1 Å². The van der Waals surface area contributed by atoms with Crippen LogP contribution in [0.5, 0.6) is 11.5 Å². The van der Waals surface area contributed by atoms with Gasteiger partial charge in [0.25, 0.3) is 0 Å². The molecule has 1 N–H and O–H groups in total. The number of carbonyl (C=O) groups is 1. The van der Waals surface area contributed by atoms with Crippen molar-refractivity contribution >= 4 is 11.6 Å². The molecule has 3 aromatic rings. The average molecular weight is 390 g/mol. The Bertz CT molecular complexity index is 1030. The molecule has 1 amide bonds. The SMILES string of the molecule is O=C(Cc1cc(-c2ccc3c(c2)OCO3)on1)Nc1cccc(C(F)(F)F)c1. The molecule has 1 aliphatic heterocycles. The fourth-order valence-electron chi connectivity index (χ4n) is 2.72. The standard InChI is InChI=1S/C19H13F3N2O4/c20-19(21,22)12-2-1-3-13(7-12)23-18(25)9-14-8-16(28-24-14)11-4-5-15-17(6-11)27-10-26-15/h1-8H,9-10H2,(H,23,25). The second kappa shape index (κ2) is 6.91. The van der Waals surface area contributed by atoms with Gasteiger partial charge in [0.1, 0.15) is 0 Å². The third-order valence-corrected chi connectivity index (χ3v) is 4.03. The Labute approximate surface area is 156 Å². The molecule has 0 aliphatic carbocycles. The van der Waals surface area contributed by atoms with E-state index in [9.17, 15) is 18.0 Å². The largest absolute Gasteiger partial charge is 0.454 e. The number of halogens is 3. The summed E-state index contributed by atoms with van der Waals surface area (Å²) in [5.74, 6) is 1.13. The molecule has 0 saturated carbocycles. The first kappa shape index (κ1) is 17.9. The number of aromatic nitrogens is 1. The van der Waals surface area contributed by atoms with Crippen molar-refractivity contribution in [2.24, 2.45) is 0 Å². The van der Waals surface area contributed by atoms with Crippen LogP contribution in [0, 0.1) is 0 Å². The van der Waals surface area contributed by atoms with Gasteiger partial charge in [0, 0.05) is 17.3 Å². The molecule has 0 bridgehead atoms. The minimum Gasteiger partial charge on any atom is -0.454 e. The first-order valence-electron chi connectivity index (χ1n) is 8.21. The minimum absolute atomic E-state index is 0.0549. The maximum Gasteiger partial charge on any atom is 0.416 e. The summed E-state index contributed by atoms with van der Waals surface area (Å²) in [6, 6.07) is 11.2. The Balaban J connectivity index is 1.43. The van der Waals surface area contributed by atoms with E-state index in [1.165, 1.54) is 12.1 Å². The van der Waals surface area contributed by atoms with E-state index in [0.717, 1.165) is 12.1 Å². The number of amides is 1. The van der Waals surface area contributed by atoms with Gasteiger partial charge in [-0.3, -0.25) is 4.79 Å². The van der Waals surface area contributed by atoms with Gasteiger partial charge in [-0.15, -0.1) is 0 Å². The molecule has 0 atom stereocenters. The van der Waals surface area contributed by atoms with E-state index in [4.69, 9.17) is 14.0 Å². The zero-order valence-corrected chi connectivity index (χ0v) is 14.2. The Kier molecular flexibility index (Phi) is 4.42. The van der Waals surface area contributed by atoms with Gasteiger partial charge in [-0.1, -0.05) is 11.2 Å². The van der Waals surface area contributed by atoms with Crippen LogP contribution in [0.2, 0.25) is 0 Å². The lowest BCUT2D eigenvalue weighted by Gasteiger charge is -2.09. The smallest absolute Gasteiger partial charge is 0.416 e. The number of benzene rings is 2.